The number of hydrogen-bond acceptors (Lipinski definition) is 5. The van der Waals surface area contributed by atoms with Crippen molar-refractivity contribution >= 4 is 17.4 Å². The fourth-order valence-electron chi connectivity index (χ4n) is 3.12. The third kappa shape index (κ3) is 3.54. The largest absolute Gasteiger partial charge is 0.369 e. The van der Waals surface area contributed by atoms with Gasteiger partial charge in [0, 0.05) is 54.1 Å². The van der Waals surface area contributed by atoms with E-state index in [1.54, 1.807) is 0 Å². The number of fused-ring (bicyclic) bond motifs is 1. The van der Waals surface area contributed by atoms with E-state index in [-0.39, 0.29) is 0 Å². The van der Waals surface area contributed by atoms with Crippen LogP contribution >= 0.6 is 11.6 Å². The molecule has 0 saturated heterocycles. The summed E-state index contributed by atoms with van der Waals surface area (Å²) in [7, 11) is 0. The molecule has 6 heteroatoms. The molecule has 3 aromatic rings. The van der Waals surface area contributed by atoms with Crippen LogP contribution in [0.2, 0.25) is 5.02 Å². The molecule has 1 aliphatic heterocycles. The molecule has 2 N–H and O–H groups in total. The fraction of sp³-hybridized carbons (Fsp3) is 0.250. The standard InChI is InChI=1S/C20H20ClN5/c1-13-3-2-9-23-17(13)8-10-24-20-16-11-22-12-18(16)25-19(26-20)14-4-6-15(21)7-5-14/h2-7,9,22H,8,10-12H2,1H3,(H,24,25,26). The molecule has 2 aromatic heterocycles. The number of aromatic nitrogens is 3. The Morgan fingerprint density at radius 2 is 1.96 bits per heavy atom. The third-order valence-corrected chi connectivity index (χ3v) is 4.81. The van der Waals surface area contributed by atoms with Crippen LogP contribution in [0, 0.1) is 6.92 Å². The Bertz CT molecular complexity index is 924. The number of benzene rings is 1. The molecule has 0 aliphatic carbocycles. The minimum Gasteiger partial charge on any atom is -0.369 e. The zero-order valence-electron chi connectivity index (χ0n) is 14.6. The Labute approximate surface area is 157 Å². The normalized spacial score (nSPS) is 12.8. The van der Waals surface area contributed by atoms with Crippen molar-refractivity contribution in [2.75, 3.05) is 11.9 Å². The third-order valence-electron chi connectivity index (χ3n) is 4.56. The summed E-state index contributed by atoms with van der Waals surface area (Å²) < 4.78 is 0. The molecule has 0 spiro atoms. The highest BCUT2D eigenvalue weighted by Crippen LogP contribution is 2.26. The van der Waals surface area contributed by atoms with Gasteiger partial charge in [0.15, 0.2) is 5.82 Å². The van der Waals surface area contributed by atoms with Crippen molar-refractivity contribution in [1.29, 1.82) is 0 Å². The lowest BCUT2D eigenvalue weighted by atomic mass is 10.1. The van der Waals surface area contributed by atoms with Gasteiger partial charge in [-0.25, -0.2) is 9.97 Å². The zero-order chi connectivity index (χ0) is 17.9. The van der Waals surface area contributed by atoms with Gasteiger partial charge in [-0.3, -0.25) is 4.98 Å². The van der Waals surface area contributed by atoms with E-state index in [1.807, 2.05) is 36.5 Å². The van der Waals surface area contributed by atoms with Crippen molar-refractivity contribution in [3.63, 3.8) is 0 Å². The first kappa shape index (κ1) is 16.9. The SMILES string of the molecule is Cc1cccnc1CCNc1nc(-c2ccc(Cl)cc2)nc2c1CNC2. The van der Waals surface area contributed by atoms with E-state index in [2.05, 4.69) is 28.6 Å². The van der Waals surface area contributed by atoms with Crippen LogP contribution in [0.25, 0.3) is 11.4 Å². The number of aryl methyl sites for hydroxylation is 1. The minimum atomic E-state index is 0.709. The number of nitrogens with zero attached hydrogens (tertiary/aromatic N) is 3. The molecule has 1 aliphatic rings. The summed E-state index contributed by atoms with van der Waals surface area (Å²) in [6.07, 6.45) is 2.70. The highest BCUT2D eigenvalue weighted by Gasteiger charge is 2.19. The lowest BCUT2D eigenvalue weighted by molar-refractivity contribution is 0.758. The molecular weight excluding hydrogens is 346 g/mol. The van der Waals surface area contributed by atoms with E-state index in [1.165, 1.54) is 5.56 Å². The summed E-state index contributed by atoms with van der Waals surface area (Å²) in [6, 6.07) is 11.7. The van der Waals surface area contributed by atoms with E-state index in [0.717, 1.165) is 60.2 Å². The lowest BCUT2D eigenvalue weighted by Crippen LogP contribution is -2.12. The van der Waals surface area contributed by atoms with Crippen LogP contribution in [0.1, 0.15) is 22.5 Å². The van der Waals surface area contributed by atoms with Crippen LogP contribution in [-0.4, -0.2) is 21.5 Å². The second-order valence-corrected chi connectivity index (χ2v) is 6.81. The topological polar surface area (TPSA) is 62.7 Å². The number of halogens is 1. The van der Waals surface area contributed by atoms with Gasteiger partial charge in [0.2, 0.25) is 0 Å². The Balaban J connectivity index is 1.57. The first-order chi connectivity index (χ1) is 12.7. The quantitative estimate of drug-likeness (QED) is 0.720. The van der Waals surface area contributed by atoms with Crippen LogP contribution in [0.15, 0.2) is 42.6 Å². The second kappa shape index (κ2) is 7.40. The molecule has 0 fully saturated rings. The number of pyridine rings is 1. The van der Waals surface area contributed by atoms with Crippen LogP contribution < -0.4 is 10.6 Å². The summed E-state index contributed by atoms with van der Waals surface area (Å²) in [5, 5.41) is 7.55. The van der Waals surface area contributed by atoms with Gasteiger partial charge in [-0.15, -0.1) is 0 Å². The Morgan fingerprint density at radius 3 is 2.77 bits per heavy atom. The van der Waals surface area contributed by atoms with Gasteiger partial charge >= 0.3 is 0 Å². The van der Waals surface area contributed by atoms with E-state index >= 15 is 0 Å². The summed E-state index contributed by atoms with van der Waals surface area (Å²) in [4.78, 5) is 14.0. The van der Waals surface area contributed by atoms with E-state index in [4.69, 9.17) is 21.6 Å². The van der Waals surface area contributed by atoms with Crippen molar-refractivity contribution in [3.05, 3.63) is 70.1 Å². The van der Waals surface area contributed by atoms with E-state index in [9.17, 15) is 0 Å². The molecule has 0 radical (unpaired) electrons. The number of anilines is 1. The van der Waals surface area contributed by atoms with E-state index in [0.29, 0.717) is 5.02 Å². The summed E-state index contributed by atoms with van der Waals surface area (Å²) in [5.74, 6) is 1.62. The molecule has 0 atom stereocenters. The van der Waals surface area contributed by atoms with Crippen LogP contribution in [-0.2, 0) is 19.5 Å². The first-order valence-corrected chi connectivity index (χ1v) is 9.09. The van der Waals surface area contributed by atoms with Gasteiger partial charge < -0.3 is 10.6 Å². The Morgan fingerprint density at radius 1 is 1.12 bits per heavy atom. The van der Waals surface area contributed by atoms with Gasteiger partial charge in [-0.2, -0.15) is 0 Å². The zero-order valence-corrected chi connectivity index (χ0v) is 15.3. The van der Waals surface area contributed by atoms with Crippen molar-refractivity contribution < 1.29 is 0 Å². The van der Waals surface area contributed by atoms with Crippen molar-refractivity contribution in [2.45, 2.75) is 26.4 Å². The lowest BCUT2D eigenvalue weighted by Gasteiger charge is -2.12. The monoisotopic (exact) mass is 365 g/mol. The van der Waals surface area contributed by atoms with Gasteiger partial charge in [0.25, 0.3) is 0 Å². The predicted molar refractivity (Wildman–Crippen MR) is 104 cm³/mol. The number of rotatable bonds is 5. The van der Waals surface area contributed by atoms with Gasteiger partial charge in [-0.05, 0) is 42.8 Å². The molecule has 5 nitrogen and oxygen atoms in total. The molecular formula is C20H20ClN5. The highest BCUT2D eigenvalue weighted by molar-refractivity contribution is 6.30. The maximum Gasteiger partial charge on any atom is 0.161 e. The molecule has 0 amide bonds. The van der Waals surface area contributed by atoms with Crippen LogP contribution in [0.5, 0.6) is 0 Å². The Hall–Kier alpha value is -2.50. The van der Waals surface area contributed by atoms with Crippen molar-refractivity contribution in [1.82, 2.24) is 20.3 Å². The van der Waals surface area contributed by atoms with Gasteiger partial charge in [-0.1, -0.05) is 17.7 Å². The van der Waals surface area contributed by atoms with Crippen LogP contribution in [0.3, 0.4) is 0 Å². The smallest absolute Gasteiger partial charge is 0.161 e. The molecule has 4 rings (SSSR count). The summed E-state index contributed by atoms with van der Waals surface area (Å²) in [5.41, 5.74) is 5.50. The van der Waals surface area contributed by atoms with Crippen molar-refractivity contribution in [2.24, 2.45) is 0 Å². The van der Waals surface area contributed by atoms with Crippen molar-refractivity contribution in [3.8, 4) is 11.4 Å². The Kier molecular flexibility index (Phi) is 4.82. The van der Waals surface area contributed by atoms with Gasteiger partial charge in [0.1, 0.15) is 5.82 Å². The molecule has 26 heavy (non-hydrogen) atoms. The second-order valence-electron chi connectivity index (χ2n) is 6.38. The molecule has 0 saturated carbocycles. The van der Waals surface area contributed by atoms with Crippen LogP contribution in [0.4, 0.5) is 5.82 Å². The molecule has 0 unspecified atom stereocenters. The summed E-state index contributed by atoms with van der Waals surface area (Å²) in [6.45, 7) is 4.43. The number of nitrogens with one attached hydrogen (secondary N) is 2. The molecule has 3 heterocycles. The number of hydrogen-bond donors (Lipinski definition) is 2. The molecule has 1 aromatic carbocycles. The van der Waals surface area contributed by atoms with E-state index < -0.39 is 0 Å². The maximum absolute atomic E-state index is 5.99. The van der Waals surface area contributed by atoms with Gasteiger partial charge in [0.05, 0.1) is 5.69 Å². The molecule has 132 valence electrons. The maximum atomic E-state index is 5.99. The average Bonchev–Trinajstić information content (AvgIpc) is 3.12. The average molecular weight is 366 g/mol. The first-order valence-electron chi connectivity index (χ1n) is 8.71. The molecule has 0 bridgehead atoms. The highest BCUT2D eigenvalue weighted by atomic mass is 35.5. The fourth-order valence-corrected chi connectivity index (χ4v) is 3.25. The summed E-state index contributed by atoms with van der Waals surface area (Å²) >= 11 is 5.99. The predicted octanol–water partition coefficient (Wildman–Crippen LogP) is 3.76. The minimum absolute atomic E-state index is 0.709.